The molecule has 1 aromatic heterocycles. The fourth-order valence-electron chi connectivity index (χ4n) is 4.71. The van der Waals surface area contributed by atoms with Crippen LogP contribution in [-0.2, 0) is 28.6 Å². The van der Waals surface area contributed by atoms with E-state index in [0.717, 1.165) is 17.5 Å². The summed E-state index contributed by atoms with van der Waals surface area (Å²) in [7, 11) is 1.85. The van der Waals surface area contributed by atoms with Gasteiger partial charge in [-0.1, -0.05) is 43.3 Å². The summed E-state index contributed by atoms with van der Waals surface area (Å²) in [6.45, 7) is 10.4. The van der Waals surface area contributed by atoms with E-state index in [-0.39, 0.29) is 29.2 Å². The van der Waals surface area contributed by atoms with E-state index in [1.165, 1.54) is 0 Å². The molecule has 28 heavy (non-hydrogen) atoms. The molecule has 3 atom stereocenters. The van der Waals surface area contributed by atoms with Gasteiger partial charge in [-0.2, -0.15) is 5.10 Å². The number of hydrogen-bond acceptors (Lipinski definition) is 3. The van der Waals surface area contributed by atoms with Gasteiger partial charge in [0.1, 0.15) is 0 Å². The maximum atomic E-state index is 13.8. The SMILES string of the molecule is [C-]#[N+]C1=C[C@@]2(c3ccccc3)C(=O)N(Cc3cnn(C)c3)CC[C@@H]2[C@@H](C)C1=O. The molecule has 0 spiro atoms. The maximum Gasteiger partial charge on any atom is 0.236 e. The van der Waals surface area contributed by atoms with E-state index in [1.807, 2.05) is 55.4 Å². The molecule has 2 aromatic rings. The zero-order valence-corrected chi connectivity index (χ0v) is 16.0. The molecular formula is C22H22N4O2. The number of nitrogens with zero attached hydrogens (tertiary/aromatic N) is 4. The number of allylic oxidation sites excluding steroid dienone is 1. The van der Waals surface area contributed by atoms with Crippen molar-refractivity contribution in [3.63, 3.8) is 0 Å². The first-order valence-electron chi connectivity index (χ1n) is 9.44. The number of rotatable bonds is 3. The molecule has 2 heterocycles. The summed E-state index contributed by atoms with van der Waals surface area (Å²) in [5, 5.41) is 4.19. The Morgan fingerprint density at radius 3 is 2.68 bits per heavy atom. The second-order valence-corrected chi connectivity index (χ2v) is 7.67. The highest BCUT2D eigenvalue weighted by molar-refractivity contribution is 6.04. The number of fused-ring (bicyclic) bond motifs is 1. The topological polar surface area (TPSA) is 59.6 Å². The van der Waals surface area contributed by atoms with E-state index in [4.69, 9.17) is 6.57 Å². The largest absolute Gasteiger partial charge is 0.337 e. The van der Waals surface area contributed by atoms with Crippen molar-refractivity contribution in [3.05, 3.63) is 77.0 Å². The number of carbonyl (C=O) groups excluding carboxylic acids is 2. The van der Waals surface area contributed by atoms with E-state index in [2.05, 4.69) is 9.94 Å². The second kappa shape index (κ2) is 6.75. The lowest BCUT2D eigenvalue weighted by molar-refractivity contribution is -0.145. The van der Waals surface area contributed by atoms with Crippen molar-refractivity contribution in [2.24, 2.45) is 18.9 Å². The van der Waals surface area contributed by atoms with Crippen molar-refractivity contribution in [2.75, 3.05) is 6.54 Å². The van der Waals surface area contributed by atoms with E-state index in [1.54, 1.807) is 17.0 Å². The molecule has 1 aliphatic heterocycles. The second-order valence-electron chi connectivity index (χ2n) is 7.67. The first-order valence-corrected chi connectivity index (χ1v) is 9.44. The molecule has 0 bridgehead atoms. The van der Waals surface area contributed by atoms with Crippen LogP contribution in [0.25, 0.3) is 4.85 Å². The van der Waals surface area contributed by atoms with E-state index >= 15 is 0 Å². The Kier molecular flexibility index (Phi) is 4.38. The smallest absolute Gasteiger partial charge is 0.236 e. The van der Waals surface area contributed by atoms with Gasteiger partial charge >= 0.3 is 0 Å². The van der Waals surface area contributed by atoms with Crippen molar-refractivity contribution < 1.29 is 9.59 Å². The molecule has 1 aromatic carbocycles. The van der Waals surface area contributed by atoms with Gasteiger partial charge in [0.25, 0.3) is 0 Å². The van der Waals surface area contributed by atoms with Gasteiger partial charge in [-0.25, -0.2) is 4.85 Å². The fraction of sp³-hybridized carbons (Fsp3) is 0.364. The molecule has 6 heteroatoms. The summed E-state index contributed by atoms with van der Waals surface area (Å²) in [6, 6.07) is 9.58. The number of aryl methyl sites for hydroxylation is 1. The van der Waals surface area contributed by atoms with Crippen LogP contribution >= 0.6 is 0 Å². The summed E-state index contributed by atoms with van der Waals surface area (Å²) in [4.78, 5) is 31.8. The molecule has 4 rings (SSSR count). The minimum Gasteiger partial charge on any atom is -0.337 e. The van der Waals surface area contributed by atoms with Crippen molar-refractivity contribution in [1.29, 1.82) is 0 Å². The Morgan fingerprint density at radius 2 is 2.04 bits per heavy atom. The zero-order chi connectivity index (χ0) is 19.9. The third-order valence-electron chi connectivity index (χ3n) is 6.07. The number of carbonyl (C=O) groups is 2. The van der Waals surface area contributed by atoms with Gasteiger partial charge in [-0.15, -0.1) is 0 Å². The van der Waals surface area contributed by atoms with Crippen LogP contribution in [0, 0.1) is 18.4 Å². The quantitative estimate of drug-likeness (QED) is 0.776. The summed E-state index contributed by atoms with van der Waals surface area (Å²) >= 11 is 0. The van der Waals surface area contributed by atoms with Crippen molar-refractivity contribution in [3.8, 4) is 0 Å². The summed E-state index contributed by atoms with van der Waals surface area (Å²) in [5.74, 6) is -0.705. The standard InChI is InChI=1S/C22H22N4O2/c1-15-18-9-10-26(14-16-12-24-25(3)13-16)21(28)22(18,11-19(23-2)20(15)27)17-7-5-4-6-8-17/h4-8,11-13,15,18H,9-10,14H2,1,3H3/t15-,18-,22+/m1/s1. The van der Waals surface area contributed by atoms with Gasteiger partial charge in [0.05, 0.1) is 18.2 Å². The predicted octanol–water partition coefficient (Wildman–Crippen LogP) is 2.73. The number of piperidine rings is 1. The molecule has 142 valence electrons. The molecule has 1 amide bonds. The van der Waals surface area contributed by atoms with Crippen LogP contribution in [0.2, 0.25) is 0 Å². The Balaban J connectivity index is 1.84. The van der Waals surface area contributed by atoms with Gasteiger partial charge in [-0.3, -0.25) is 9.48 Å². The lowest BCUT2D eigenvalue weighted by Crippen LogP contribution is -2.59. The summed E-state index contributed by atoms with van der Waals surface area (Å²) in [6.07, 6.45) is 6.03. The molecule has 1 saturated heterocycles. The van der Waals surface area contributed by atoms with Crippen LogP contribution in [0.15, 0.2) is 54.5 Å². The predicted molar refractivity (Wildman–Crippen MR) is 104 cm³/mol. The molecule has 0 N–H and O–H groups in total. The molecule has 1 aliphatic carbocycles. The van der Waals surface area contributed by atoms with Gasteiger partial charge < -0.3 is 9.69 Å². The number of aromatic nitrogens is 2. The fourth-order valence-corrected chi connectivity index (χ4v) is 4.71. The zero-order valence-electron chi connectivity index (χ0n) is 16.0. The van der Waals surface area contributed by atoms with Gasteiger partial charge in [-0.05, 0) is 17.9 Å². The summed E-state index contributed by atoms with van der Waals surface area (Å²) < 4.78 is 1.72. The molecule has 0 saturated carbocycles. The number of Topliss-reactive ketones (excluding diaryl/α,β-unsaturated/α-hetero) is 1. The number of ketones is 1. The highest BCUT2D eigenvalue weighted by atomic mass is 16.2. The van der Waals surface area contributed by atoms with Crippen LogP contribution in [0.1, 0.15) is 24.5 Å². The van der Waals surface area contributed by atoms with Crippen LogP contribution in [0.4, 0.5) is 0 Å². The van der Waals surface area contributed by atoms with Crippen LogP contribution in [0.5, 0.6) is 0 Å². The molecule has 1 fully saturated rings. The Bertz CT molecular complexity index is 1000. The van der Waals surface area contributed by atoms with Crippen molar-refractivity contribution in [1.82, 2.24) is 14.7 Å². The highest BCUT2D eigenvalue weighted by Crippen LogP contribution is 2.49. The first-order chi connectivity index (χ1) is 13.5. The summed E-state index contributed by atoms with van der Waals surface area (Å²) in [5.41, 5.74) is 0.909. The minimum atomic E-state index is -0.977. The Hall–Kier alpha value is -3.20. The van der Waals surface area contributed by atoms with Crippen LogP contribution < -0.4 is 0 Å². The van der Waals surface area contributed by atoms with Crippen LogP contribution in [0.3, 0.4) is 0 Å². The normalized spacial score (nSPS) is 27.2. The average molecular weight is 374 g/mol. The molecule has 0 radical (unpaired) electrons. The third-order valence-corrected chi connectivity index (χ3v) is 6.07. The number of likely N-dealkylation sites (tertiary alicyclic amines) is 1. The third kappa shape index (κ3) is 2.66. The van der Waals surface area contributed by atoms with Crippen molar-refractivity contribution >= 4 is 11.7 Å². The maximum absolute atomic E-state index is 13.8. The molecule has 6 nitrogen and oxygen atoms in total. The van der Waals surface area contributed by atoms with Crippen LogP contribution in [-0.4, -0.2) is 32.9 Å². The minimum absolute atomic E-state index is 0.0423. The average Bonchev–Trinajstić information content (AvgIpc) is 3.12. The molecular weight excluding hydrogens is 352 g/mol. The Labute approximate surface area is 164 Å². The van der Waals surface area contributed by atoms with E-state index in [0.29, 0.717) is 13.1 Å². The Morgan fingerprint density at radius 1 is 1.29 bits per heavy atom. The molecule has 2 aliphatic rings. The van der Waals surface area contributed by atoms with Gasteiger partial charge in [0.15, 0.2) is 5.78 Å². The molecule has 0 unspecified atom stereocenters. The number of amides is 1. The van der Waals surface area contributed by atoms with Gasteiger partial charge in [0.2, 0.25) is 11.6 Å². The lowest BCUT2D eigenvalue weighted by atomic mass is 9.58. The lowest BCUT2D eigenvalue weighted by Gasteiger charge is -2.50. The number of benzene rings is 1. The van der Waals surface area contributed by atoms with E-state index < -0.39 is 5.41 Å². The first kappa shape index (κ1) is 18.2. The van der Waals surface area contributed by atoms with Crippen molar-refractivity contribution in [2.45, 2.75) is 25.3 Å². The van der Waals surface area contributed by atoms with Gasteiger partial charge in [0, 0.05) is 37.8 Å². The van der Waals surface area contributed by atoms with E-state index in [9.17, 15) is 9.59 Å². The highest BCUT2D eigenvalue weighted by Gasteiger charge is 2.56. The monoisotopic (exact) mass is 374 g/mol. The number of hydrogen-bond donors (Lipinski definition) is 0.